The molecular weight excluding hydrogens is 374 g/mol. The van der Waals surface area contributed by atoms with Crippen LogP contribution in [0.25, 0.3) is 0 Å². The number of nitrogens with one attached hydrogen (secondary N) is 2. The van der Waals surface area contributed by atoms with E-state index in [-0.39, 0.29) is 18.2 Å². The van der Waals surface area contributed by atoms with E-state index in [1.165, 1.54) is 11.8 Å². The first-order valence-corrected chi connectivity index (χ1v) is 9.98. The number of amidine groups is 1. The average molecular weight is 398 g/mol. The van der Waals surface area contributed by atoms with Gasteiger partial charge in [0.2, 0.25) is 11.8 Å². The Labute approximate surface area is 168 Å². The van der Waals surface area contributed by atoms with Crippen LogP contribution in [0.4, 0.5) is 11.4 Å². The van der Waals surface area contributed by atoms with Crippen molar-refractivity contribution in [3.8, 4) is 5.75 Å². The molecule has 0 spiro atoms. The summed E-state index contributed by atoms with van der Waals surface area (Å²) in [5.41, 5.74) is 3.68. The Morgan fingerprint density at radius 1 is 1.18 bits per heavy atom. The molecule has 28 heavy (non-hydrogen) atoms. The fraction of sp³-hybridized carbons (Fsp3) is 0.286. The topological polar surface area (TPSA) is 79.8 Å². The number of carbonyl (C=O) groups is 2. The zero-order valence-electron chi connectivity index (χ0n) is 16.1. The molecule has 1 aliphatic heterocycles. The highest BCUT2D eigenvalue weighted by Gasteiger charge is 2.32. The number of aryl methyl sites for hydroxylation is 2. The minimum atomic E-state index is -0.493. The predicted octanol–water partition coefficient (Wildman–Crippen LogP) is 3.95. The fourth-order valence-corrected chi connectivity index (χ4v) is 3.89. The summed E-state index contributed by atoms with van der Waals surface area (Å²) in [5.74, 6) is 0.331. The molecule has 2 aromatic carbocycles. The third kappa shape index (κ3) is 5.36. The number of nitrogens with zero attached hydrogens (tertiary/aromatic N) is 1. The predicted molar refractivity (Wildman–Crippen MR) is 113 cm³/mol. The van der Waals surface area contributed by atoms with Crippen molar-refractivity contribution in [2.75, 3.05) is 11.9 Å². The highest BCUT2D eigenvalue weighted by atomic mass is 32.2. The Bertz CT molecular complexity index is 889. The largest absolute Gasteiger partial charge is 0.494 e. The van der Waals surface area contributed by atoms with Crippen molar-refractivity contribution < 1.29 is 14.3 Å². The first-order chi connectivity index (χ1) is 13.4. The minimum Gasteiger partial charge on any atom is -0.494 e. The first kappa shape index (κ1) is 19.9. The van der Waals surface area contributed by atoms with Gasteiger partial charge in [-0.1, -0.05) is 17.8 Å². The molecule has 2 N–H and O–H groups in total. The van der Waals surface area contributed by atoms with Crippen molar-refractivity contribution in [2.45, 2.75) is 32.4 Å². The lowest BCUT2D eigenvalue weighted by Gasteiger charge is -2.08. The van der Waals surface area contributed by atoms with Gasteiger partial charge in [-0.3, -0.25) is 9.59 Å². The summed E-state index contributed by atoms with van der Waals surface area (Å²) in [4.78, 5) is 29.0. The van der Waals surface area contributed by atoms with E-state index in [0.29, 0.717) is 17.5 Å². The molecular formula is C21H23N3O3S. The van der Waals surface area contributed by atoms with Gasteiger partial charge in [-0.05, 0) is 68.3 Å². The lowest BCUT2D eigenvalue weighted by atomic mass is 10.1. The number of anilines is 1. The zero-order valence-corrected chi connectivity index (χ0v) is 16.9. The van der Waals surface area contributed by atoms with Crippen molar-refractivity contribution in [1.29, 1.82) is 0 Å². The van der Waals surface area contributed by atoms with Gasteiger partial charge in [0, 0.05) is 12.1 Å². The molecule has 7 heteroatoms. The van der Waals surface area contributed by atoms with E-state index in [2.05, 4.69) is 21.7 Å². The van der Waals surface area contributed by atoms with Gasteiger partial charge in [0.1, 0.15) is 11.0 Å². The van der Waals surface area contributed by atoms with Crippen LogP contribution in [0, 0.1) is 13.8 Å². The molecule has 1 heterocycles. The minimum absolute atomic E-state index is 0.0789. The van der Waals surface area contributed by atoms with Crippen LogP contribution >= 0.6 is 11.8 Å². The number of carbonyl (C=O) groups excluding carboxylic acids is 2. The second kappa shape index (κ2) is 8.93. The number of ether oxygens (including phenoxy) is 1. The third-order valence-corrected chi connectivity index (χ3v) is 5.12. The summed E-state index contributed by atoms with van der Waals surface area (Å²) < 4.78 is 5.38. The second-order valence-corrected chi connectivity index (χ2v) is 7.76. The van der Waals surface area contributed by atoms with E-state index in [0.717, 1.165) is 22.6 Å². The molecule has 0 aromatic heterocycles. The van der Waals surface area contributed by atoms with Crippen molar-refractivity contribution in [3.05, 3.63) is 53.6 Å². The summed E-state index contributed by atoms with van der Waals surface area (Å²) >= 11 is 1.28. The molecule has 2 amide bonds. The van der Waals surface area contributed by atoms with Gasteiger partial charge in [-0.25, -0.2) is 4.99 Å². The molecule has 1 fully saturated rings. The SMILES string of the molecule is CCOc1ccc(NC(=O)C[C@H]2SC(=Nc3cc(C)cc(C)c3)NC2=O)cc1. The zero-order chi connectivity index (χ0) is 20.1. The van der Waals surface area contributed by atoms with E-state index in [4.69, 9.17) is 4.74 Å². The van der Waals surface area contributed by atoms with Crippen LogP contribution in [-0.2, 0) is 9.59 Å². The van der Waals surface area contributed by atoms with Crippen LogP contribution in [0.15, 0.2) is 47.5 Å². The number of thioether (sulfide) groups is 1. The number of rotatable bonds is 6. The Balaban J connectivity index is 1.59. The quantitative estimate of drug-likeness (QED) is 0.773. The second-order valence-electron chi connectivity index (χ2n) is 6.57. The van der Waals surface area contributed by atoms with Gasteiger partial charge in [0.25, 0.3) is 0 Å². The lowest BCUT2D eigenvalue weighted by Crippen LogP contribution is -2.28. The maximum Gasteiger partial charge on any atom is 0.240 e. The standard InChI is InChI=1S/C21H23N3O3S/c1-4-27-17-7-5-15(6-8-17)22-19(25)12-18-20(26)24-21(28-18)23-16-10-13(2)9-14(3)11-16/h5-11,18H,4,12H2,1-3H3,(H,22,25)(H,23,24,26)/t18-/m1/s1. The number of hydrogen-bond acceptors (Lipinski definition) is 5. The van der Waals surface area contributed by atoms with E-state index in [9.17, 15) is 9.59 Å². The Kier molecular flexibility index (Phi) is 6.36. The summed E-state index contributed by atoms with van der Waals surface area (Å²) in [6.07, 6.45) is 0.0789. The van der Waals surface area contributed by atoms with Gasteiger partial charge in [-0.15, -0.1) is 0 Å². The highest BCUT2D eigenvalue weighted by Crippen LogP contribution is 2.26. The number of amides is 2. The van der Waals surface area contributed by atoms with Crippen molar-refractivity contribution in [2.24, 2.45) is 4.99 Å². The monoisotopic (exact) mass is 397 g/mol. The smallest absolute Gasteiger partial charge is 0.240 e. The lowest BCUT2D eigenvalue weighted by molar-refractivity contribution is -0.122. The molecule has 0 aliphatic carbocycles. The molecule has 0 saturated carbocycles. The summed E-state index contributed by atoms with van der Waals surface area (Å²) in [6.45, 7) is 6.51. The van der Waals surface area contributed by atoms with E-state index in [1.807, 2.05) is 32.9 Å². The molecule has 1 saturated heterocycles. The van der Waals surface area contributed by atoms with E-state index >= 15 is 0 Å². The van der Waals surface area contributed by atoms with Crippen LogP contribution in [0.3, 0.4) is 0 Å². The van der Waals surface area contributed by atoms with E-state index < -0.39 is 5.25 Å². The molecule has 0 radical (unpaired) electrons. The number of hydrogen-bond donors (Lipinski definition) is 2. The molecule has 1 atom stereocenters. The van der Waals surface area contributed by atoms with Gasteiger partial charge in [-0.2, -0.15) is 0 Å². The van der Waals surface area contributed by atoms with Gasteiger partial charge < -0.3 is 15.4 Å². The molecule has 2 aromatic rings. The van der Waals surface area contributed by atoms with Crippen molar-refractivity contribution >= 4 is 40.1 Å². The summed E-state index contributed by atoms with van der Waals surface area (Å²) in [7, 11) is 0. The highest BCUT2D eigenvalue weighted by molar-refractivity contribution is 8.15. The summed E-state index contributed by atoms with van der Waals surface area (Å²) in [5, 5.41) is 5.60. The third-order valence-electron chi connectivity index (χ3n) is 4.03. The van der Waals surface area contributed by atoms with Gasteiger partial charge in [0.05, 0.1) is 12.3 Å². The first-order valence-electron chi connectivity index (χ1n) is 9.10. The maximum atomic E-state index is 12.3. The maximum absolute atomic E-state index is 12.3. The number of aliphatic imine (C=N–C) groups is 1. The summed E-state index contributed by atoms with van der Waals surface area (Å²) in [6, 6.07) is 13.1. The van der Waals surface area contributed by atoms with Crippen LogP contribution in [0.2, 0.25) is 0 Å². The van der Waals surface area contributed by atoms with Crippen LogP contribution in [-0.4, -0.2) is 28.8 Å². The van der Waals surface area contributed by atoms with Crippen molar-refractivity contribution in [3.63, 3.8) is 0 Å². The van der Waals surface area contributed by atoms with Crippen LogP contribution in [0.5, 0.6) is 5.75 Å². The van der Waals surface area contributed by atoms with Crippen LogP contribution < -0.4 is 15.4 Å². The molecule has 0 unspecified atom stereocenters. The average Bonchev–Trinajstić information content (AvgIpc) is 2.95. The van der Waals surface area contributed by atoms with Gasteiger partial charge in [0.15, 0.2) is 5.17 Å². The van der Waals surface area contributed by atoms with Crippen molar-refractivity contribution in [1.82, 2.24) is 5.32 Å². The normalized spacial score (nSPS) is 17.5. The Morgan fingerprint density at radius 2 is 1.86 bits per heavy atom. The van der Waals surface area contributed by atoms with Gasteiger partial charge >= 0.3 is 0 Å². The molecule has 6 nitrogen and oxygen atoms in total. The fourth-order valence-electron chi connectivity index (χ4n) is 2.91. The molecule has 0 bridgehead atoms. The van der Waals surface area contributed by atoms with E-state index in [1.54, 1.807) is 24.3 Å². The number of benzene rings is 2. The van der Waals surface area contributed by atoms with Crippen LogP contribution in [0.1, 0.15) is 24.5 Å². The molecule has 1 aliphatic rings. The molecule has 146 valence electrons. The molecule has 3 rings (SSSR count). The Morgan fingerprint density at radius 3 is 2.50 bits per heavy atom. The Hall–Kier alpha value is -2.80.